The maximum absolute atomic E-state index is 12.2. The van der Waals surface area contributed by atoms with Crippen LogP contribution in [-0.2, 0) is 6.42 Å². The summed E-state index contributed by atoms with van der Waals surface area (Å²) in [5.74, 6) is -0.103. The zero-order valence-electron chi connectivity index (χ0n) is 13.1. The summed E-state index contributed by atoms with van der Waals surface area (Å²) in [6.45, 7) is 3.71. The summed E-state index contributed by atoms with van der Waals surface area (Å²) in [7, 11) is 0. The fraction of sp³-hybridized carbons (Fsp3) is 0.263. The van der Waals surface area contributed by atoms with Crippen LogP contribution in [0.15, 0.2) is 48.5 Å². The quantitative estimate of drug-likeness (QED) is 0.945. The average molecular weight is 305 g/mol. The third-order valence-corrected chi connectivity index (χ3v) is 4.29. The van der Waals surface area contributed by atoms with E-state index in [0.717, 1.165) is 13.0 Å². The predicted octanol–water partition coefficient (Wildman–Crippen LogP) is 2.74. The van der Waals surface area contributed by atoms with E-state index in [0.29, 0.717) is 17.7 Å². The van der Waals surface area contributed by atoms with Gasteiger partial charge in [0.1, 0.15) is 0 Å². The van der Waals surface area contributed by atoms with Crippen molar-refractivity contribution in [2.24, 2.45) is 0 Å². The number of nitrogens with zero attached hydrogens (tertiary/aromatic N) is 2. The Balaban J connectivity index is 1.60. The fourth-order valence-electron chi connectivity index (χ4n) is 2.97. The van der Waals surface area contributed by atoms with Gasteiger partial charge in [0.25, 0.3) is 5.91 Å². The first kappa shape index (κ1) is 15.1. The second-order valence-electron chi connectivity index (χ2n) is 5.82. The van der Waals surface area contributed by atoms with E-state index in [1.54, 1.807) is 24.3 Å². The molecule has 4 nitrogen and oxygen atoms in total. The zero-order valence-corrected chi connectivity index (χ0v) is 13.1. The molecule has 0 aromatic heterocycles. The topological polar surface area (TPSA) is 56.1 Å². The number of hydrogen-bond donors (Lipinski definition) is 1. The van der Waals surface area contributed by atoms with Gasteiger partial charge in [-0.2, -0.15) is 5.26 Å². The molecule has 1 aliphatic rings. The van der Waals surface area contributed by atoms with Gasteiger partial charge in [-0.25, -0.2) is 0 Å². The molecule has 0 bridgehead atoms. The van der Waals surface area contributed by atoms with Crippen LogP contribution in [0, 0.1) is 11.3 Å². The maximum Gasteiger partial charge on any atom is 0.251 e. The molecule has 0 saturated carbocycles. The van der Waals surface area contributed by atoms with Gasteiger partial charge in [-0.1, -0.05) is 18.2 Å². The molecule has 2 aromatic rings. The molecule has 0 saturated heterocycles. The first-order valence-electron chi connectivity index (χ1n) is 7.82. The lowest BCUT2D eigenvalue weighted by Gasteiger charge is -2.27. The highest BCUT2D eigenvalue weighted by Crippen LogP contribution is 2.28. The monoisotopic (exact) mass is 305 g/mol. The molecule has 1 heterocycles. The van der Waals surface area contributed by atoms with Crippen LogP contribution in [0.25, 0.3) is 0 Å². The van der Waals surface area contributed by atoms with E-state index >= 15 is 0 Å². The SMILES string of the molecule is C[C@H](CNC(=O)c1ccc(C#N)cc1)N1CCc2ccccc21. The summed E-state index contributed by atoms with van der Waals surface area (Å²) in [5.41, 5.74) is 3.78. The number of amides is 1. The van der Waals surface area contributed by atoms with Crippen molar-refractivity contribution < 1.29 is 4.79 Å². The van der Waals surface area contributed by atoms with Gasteiger partial charge in [-0.05, 0) is 49.2 Å². The van der Waals surface area contributed by atoms with Gasteiger partial charge >= 0.3 is 0 Å². The second-order valence-corrected chi connectivity index (χ2v) is 5.82. The molecule has 2 aromatic carbocycles. The molecule has 0 fully saturated rings. The Hall–Kier alpha value is -2.80. The van der Waals surface area contributed by atoms with Crippen LogP contribution in [-0.4, -0.2) is 25.0 Å². The molecule has 0 spiro atoms. The van der Waals surface area contributed by atoms with Crippen molar-refractivity contribution in [2.75, 3.05) is 18.0 Å². The van der Waals surface area contributed by atoms with Gasteiger partial charge in [0.2, 0.25) is 0 Å². The van der Waals surface area contributed by atoms with Crippen LogP contribution in [0.1, 0.15) is 28.4 Å². The van der Waals surface area contributed by atoms with Crippen molar-refractivity contribution in [1.82, 2.24) is 5.32 Å². The number of benzene rings is 2. The zero-order chi connectivity index (χ0) is 16.2. The van der Waals surface area contributed by atoms with Gasteiger partial charge in [0.15, 0.2) is 0 Å². The Morgan fingerprint density at radius 1 is 1.26 bits per heavy atom. The number of hydrogen-bond acceptors (Lipinski definition) is 3. The van der Waals surface area contributed by atoms with Crippen molar-refractivity contribution in [3.8, 4) is 6.07 Å². The number of rotatable bonds is 4. The van der Waals surface area contributed by atoms with Gasteiger partial charge in [0, 0.05) is 30.4 Å². The highest BCUT2D eigenvalue weighted by molar-refractivity contribution is 5.94. The first-order chi connectivity index (χ1) is 11.2. The molecule has 1 atom stereocenters. The van der Waals surface area contributed by atoms with Crippen LogP contribution in [0.3, 0.4) is 0 Å². The third kappa shape index (κ3) is 3.19. The van der Waals surface area contributed by atoms with E-state index in [4.69, 9.17) is 5.26 Å². The molecule has 0 radical (unpaired) electrons. The van der Waals surface area contributed by atoms with Gasteiger partial charge in [0.05, 0.1) is 11.6 Å². The highest BCUT2D eigenvalue weighted by Gasteiger charge is 2.23. The minimum atomic E-state index is -0.103. The first-order valence-corrected chi connectivity index (χ1v) is 7.82. The number of carbonyl (C=O) groups excluding carboxylic acids is 1. The van der Waals surface area contributed by atoms with Crippen LogP contribution in [0.2, 0.25) is 0 Å². The number of carbonyl (C=O) groups is 1. The summed E-state index contributed by atoms with van der Waals surface area (Å²) in [6.07, 6.45) is 1.06. The van der Waals surface area contributed by atoms with E-state index in [1.807, 2.05) is 0 Å². The fourth-order valence-corrected chi connectivity index (χ4v) is 2.97. The molecule has 3 rings (SSSR count). The van der Waals surface area contributed by atoms with Crippen molar-refractivity contribution >= 4 is 11.6 Å². The molecular weight excluding hydrogens is 286 g/mol. The molecule has 23 heavy (non-hydrogen) atoms. The molecule has 1 N–H and O–H groups in total. The average Bonchev–Trinajstić information content (AvgIpc) is 3.03. The maximum atomic E-state index is 12.2. The molecule has 116 valence electrons. The van der Waals surface area contributed by atoms with Crippen molar-refractivity contribution in [1.29, 1.82) is 5.26 Å². The van der Waals surface area contributed by atoms with Gasteiger partial charge in [-0.3, -0.25) is 4.79 Å². The minimum Gasteiger partial charge on any atom is -0.366 e. The Morgan fingerprint density at radius 3 is 2.74 bits per heavy atom. The Labute approximate surface area is 136 Å². The molecule has 4 heteroatoms. The summed E-state index contributed by atoms with van der Waals surface area (Å²) < 4.78 is 0. The number of anilines is 1. The normalized spacial score (nSPS) is 14.0. The van der Waals surface area contributed by atoms with Crippen LogP contribution < -0.4 is 10.2 Å². The van der Waals surface area contributed by atoms with Crippen molar-refractivity contribution in [3.63, 3.8) is 0 Å². The van der Waals surface area contributed by atoms with Gasteiger partial charge in [-0.15, -0.1) is 0 Å². The lowest BCUT2D eigenvalue weighted by Crippen LogP contribution is -2.41. The summed E-state index contributed by atoms with van der Waals surface area (Å²) in [4.78, 5) is 14.5. The largest absolute Gasteiger partial charge is 0.366 e. The lowest BCUT2D eigenvalue weighted by atomic mass is 10.1. The van der Waals surface area contributed by atoms with E-state index in [9.17, 15) is 4.79 Å². The van der Waals surface area contributed by atoms with E-state index in [-0.39, 0.29) is 11.9 Å². The molecular formula is C19H19N3O. The van der Waals surface area contributed by atoms with Crippen LogP contribution in [0.5, 0.6) is 0 Å². The lowest BCUT2D eigenvalue weighted by molar-refractivity contribution is 0.0951. The Bertz CT molecular complexity index is 746. The smallest absolute Gasteiger partial charge is 0.251 e. The molecule has 0 unspecified atom stereocenters. The summed E-state index contributed by atoms with van der Waals surface area (Å²) in [5, 5.41) is 11.8. The van der Waals surface area contributed by atoms with Crippen molar-refractivity contribution in [3.05, 3.63) is 65.2 Å². The van der Waals surface area contributed by atoms with E-state index in [1.165, 1.54) is 11.3 Å². The molecule has 1 amide bonds. The number of nitrogens with one attached hydrogen (secondary N) is 1. The van der Waals surface area contributed by atoms with Crippen LogP contribution >= 0.6 is 0 Å². The van der Waals surface area contributed by atoms with E-state index in [2.05, 4.69) is 47.5 Å². The van der Waals surface area contributed by atoms with Crippen LogP contribution in [0.4, 0.5) is 5.69 Å². The Kier molecular flexibility index (Phi) is 4.29. The predicted molar refractivity (Wildman–Crippen MR) is 90.4 cm³/mol. The molecule has 1 aliphatic heterocycles. The number of nitriles is 1. The summed E-state index contributed by atoms with van der Waals surface area (Å²) >= 11 is 0. The summed E-state index contributed by atoms with van der Waals surface area (Å²) in [6, 6.07) is 17.4. The minimum absolute atomic E-state index is 0.103. The third-order valence-electron chi connectivity index (χ3n) is 4.29. The molecule has 0 aliphatic carbocycles. The number of para-hydroxylation sites is 1. The van der Waals surface area contributed by atoms with Crippen molar-refractivity contribution in [2.45, 2.75) is 19.4 Å². The Morgan fingerprint density at radius 2 is 2.00 bits per heavy atom. The standard InChI is InChI=1S/C19H19N3O/c1-14(22-11-10-16-4-2-3-5-18(16)22)13-21-19(23)17-8-6-15(12-20)7-9-17/h2-9,14H,10-11,13H2,1H3,(H,21,23)/t14-/m1/s1. The number of fused-ring (bicyclic) bond motifs is 1. The second kappa shape index (κ2) is 6.53. The van der Waals surface area contributed by atoms with Gasteiger partial charge < -0.3 is 10.2 Å². The highest BCUT2D eigenvalue weighted by atomic mass is 16.1. The van der Waals surface area contributed by atoms with E-state index < -0.39 is 0 Å².